The lowest BCUT2D eigenvalue weighted by atomic mass is 9.46. The highest BCUT2D eigenvalue weighted by molar-refractivity contribution is 6.01. The zero-order chi connectivity index (χ0) is 32.4. The molecule has 7 nitrogen and oxygen atoms in total. The maximum atomic E-state index is 12.4. The van der Waals surface area contributed by atoms with Crippen LogP contribution in [-0.4, -0.2) is 56.3 Å². The Morgan fingerprint density at radius 3 is 2.02 bits per heavy atom. The molecular weight excluding hydrogens is 556 g/mol. The smallest absolute Gasteiger partial charge is 0.303 e. The highest BCUT2D eigenvalue weighted by Gasteiger charge is 2.67. The summed E-state index contributed by atoms with van der Waals surface area (Å²) in [6.07, 6.45) is 25.0. The number of fused-ring (bicyclic) bond motifs is 5. The second kappa shape index (κ2) is 16.6. The minimum Gasteiger partial charge on any atom is -0.481 e. The summed E-state index contributed by atoms with van der Waals surface area (Å²) >= 11 is 0. The van der Waals surface area contributed by atoms with Crippen molar-refractivity contribution in [2.75, 3.05) is 6.61 Å². The molecule has 0 radical (unpaired) electrons. The molecule has 0 aromatic carbocycles. The maximum Gasteiger partial charge on any atom is 0.303 e. The van der Waals surface area contributed by atoms with Crippen LogP contribution in [0.5, 0.6) is 0 Å². The fourth-order valence-electron chi connectivity index (χ4n) is 9.21. The Morgan fingerprint density at radius 1 is 0.909 bits per heavy atom. The van der Waals surface area contributed by atoms with Crippen LogP contribution in [0.3, 0.4) is 0 Å². The summed E-state index contributed by atoms with van der Waals surface area (Å²) in [4.78, 5) is 34.5. The van der Waals surface area contributed by atoms with E-state index in [1.54, 1.807) is 12.2 Å². The van der Waals surface area contributed by atoms with Crippen molar-refractivity contribution in [2.45, 2.75) is 154 Å². The molecule has 0 spiro atoms. The van der Waals surface area contributed by atoms with Gasteiger partial charge in [0.15, 0.2) is 11.6 Å². The minimum absolute atomic E-state index is 0.00912. The molecule has 4 aliphatic carbocycles. The number of ketones is 2. The molecule has 4 N–H and O–H groups in total. The third-order valence-corrected chi connectivity index (χ3v) is 11.7. The third-order valence-electron chi connectivity index (χ3n) is 11.7. The standard InChI is InChI=1S/C21H28O5.C16H32O2/c1-19-7-5-13(23)9-12(19)3-4-14-15-6-8-21(26,17(25)11-22)20(15,2)10-16(24)18(14)19;1-2-3-4-5-6-7-8-9-10-11-12-13-14-15-16(17)18/h5,7,9,14-16,18,22,24,26H,3-4,6,8,10-11H2,1-2H3;2-15H2,1H3,(H,17,18)/t14-,15-,16-,18+,19-,20-,21-;/m0./s1. The summed E-state index contributed by atoms with van der Waals surface area (Å²) in [5.41, 5.74) is -1.54. The molecule has 3 saturated carbocycles. The van der Waals surface area contributed by atoms with Gasteiger partial charge in [0.05, 0.1) is 6.10 Å². The van der Waals surface area contributed by atoms with Crippen LogP contribution in [0.25, 0.3) is 0 Å². The van der Waals surface area contributed by atoms with Crippen LogP contribution in [0, 0.1) is 28.6 Å². The minimum atomic E-state index is -1.56. The van der Waals surface area contributed by atoms with Gasteiger partial charge in [-0.25, -0.2) is 0 Å². The molecule has 250 valence electrons. The van der Waals surface area contributed by atoms with Gasteiger partial charge in [-0.15, -0.1) is 0 Å². The lowest BCUT2D eigenvalue weighted by Gasteiger charge is -2.59. The number of carbonyl (C=O) groups is 3. The molecule has 7 atom stereocenters. The predicted octanol–water partition coefficient (Wildman–Crippen LogP) is 7.11. The van der Waals surface area contributed by atoms with Gasteiger partial charge in [0, 0.05) is 23.2 Å². The molecule has 4 aliphatic rings. The molecule has 0 amide bonds. The first-order valence-electron chi connectivity index (χ1n) is 17.6. The maximum absolute atomic E-state index is 12.4. The number of carboxylic acids is 1. The number of unbranched alkanes of at least 4 members (excludes halogenated alkanes) is 12. The first kappa shape index (κ1) is 36.6. The Hall–Kier alpha value is -1.83. The van der Waals surface area contributed by atoms with Gasteiger partial charge in [-0.05, 0) is 62.5 Å². The van der Waals surface area contributed by atoms with E-state index in [0.717, 1.165) is 37.7 Å². The van der Waals surface area contributed by atoms with Crippen molar-refractivity contribution in [3.63, 3.8) is 0 Å². The van der Waals surface area contributed by atoms with Gasteiger partial charge in [0.25, 0.3) is 0 Å². The first-order valence-corrected chi connectivity index (χ1v) is 17.6. The number of carbonyl (C=O) groups excluding carboxylic acids is 2. The fraction of sp³-hybridized carbons (Fsp3) is 0.811. The summed E-state index contributed by atoms with van der Waals surface area (Å²) in [7, 11) is 0. The van der Waals surface area contributed by atoms with Crippen LogP contribution in [0.4, 0.5) is 0 Å². The average Bonchev–Trinajstić information content (AvgIpc) is 3.26. The number of carboxylic acid groups (broad SMARTS) is 1. The molecular formula is C37H60O7. The van der Waals surface area contributed by atoms with Gasteiger partial charge in [-0.3, -0.25) is 14.4 Å². The van der Waals surface area contributed by atoms with E-state index >= 15 is 0 Å². The van der Waals surface area contributed by atoms with E-state index in [9.17, 15) is 29.7 Å². The Morgan fingerprint density at radius 2 is 1.48 bits per heavy atom. The quantitative estimate of drug-likeness (QED) is 0.136. The second-order valence-electron chi connectivity index (χ2n) is 14.6. The molecule has 0 aromatic heterocycles. The van der Waals surface area contributed by atoms with Gasteiger partial charge in [-0.1, -0.05) is 109 Å². The summed E-state index contributed by atoms with van der Waals surface area (Å²) in [6.45, 7) is 5.60. The largest absolute Gasteiger partial charge is 0.481 e. The van der Waals surface area contributed by atoms with Gasteiger partial charge < -0.3 is 20.4 Å². The first-order chi connectivity index (χ1) is 20.9. The highest BCUT2D eigenvalue weighted by atomic mass is 16.4. The molecule has 0 heterocycles. The van der Waals surface area contributed by atoms with Crippen LogP contribution in [0.1, 0.15) is 143 Å². The van der Waals surface area contributed by atoms with Crippen molar-refractivity contribution in [3.05, 3.63) is 23.8 Å². The van der Waals surface area contributed by atoms with E-state index in [1.165, 1.54) is 70.6 Å². The molecule has 0 bridgehead atoms. The monoisotopic (exact) mass is 616 g/mol. The zero-order valence-electron chi connectivity index (χ0n) is 27.7. The number of Topliss-reactive ketones (excluding diaryl/α,β-unsaturated/α-hetero) is 1. The van der Waals surface area contributed by atoms with E-state index in [0.29, 0.717) is 19.3 Å². The molecule has 0 saturated heterocycles. The van der Waals surface area contributed by atoms with Crippen molar-refractivity contribution in [1.82, 2.24) is 0 Å². The number of allylic oxidation sites excluding steroid dienone is 4. The average molecular weight is 617 g/mol. The zero-order valence-corrected chi connectivity index (χ0v) is 27.7. The second-order valence-corrected chi connectivity index (χ2v) is 14.6. The van der Waals surface area contributed by atoms with Crippen molar-refractivity contribution in [1.29, 1.82) is 0 Å². The third kappa shape index (κ3) is 8.30. The molecule has 0 unspecified atom stereocenters. The lowest BCUT2D eigenvalue weighted by Crippen LogP contribution is -2.61. The lowest BCUT2D eigenvalue weighted by molar-refractivity contribution is -0.178. The Balaban J connectivity index is 0.000000260. The molecule has 0 aromatic rings. The molecule has 44 heavy (non-hydrogen) atoms. The summed E-state index contributed by atoms with van der Waals surface area (Å²) in [5, 5.41) is 40.2. The number of rotatable bonds is 16. The van der Waals surface area contributed by atoms with Gasteiger partial charge in [-0.2, -0.15) is 0 Å². The fourth-order valence-corrected chi connectivity index (χ4v) is 9.21. The number of aliphatic hydroxyl groups excluding tert-OH is 2. The van der Waals surface area contributed by atoms with Crippen LogP contribution in [0.15, 0.2) is 23.8 Å². The molecule has 0 aliphatic heterocycles. The molecule has 7 heteroatoms. The number of aliphatic carboxylic acids is 1. The van der Waals surface area contributed by atoms with Crippen LogP contribution < -0.4 is 0 Å². The normalized spacial score (nSPS) is 33.9. The summed E-state index contributed by atoms with van der Waals surface area (Å²) in [6, 6.07) is 0. The predicted molar refractivity (Wildman–Crippen MR) is 173 cm³/mol. The highest BCUT2D eigenvalue weighted by Crippen LogP contribution is 2.67. The molecule has 3 fully saturated rings. The van der Waals surface area contributed by atoms with Crippen molar-refractivity contribution >= 4 is 17.5 Å². The number of hydrogen-bond donors (Lipinski definition) is 4. The van der Waals surface area contributed by atoms with Gasteiger partial charge in [0.2, 0.25) is 0 Å². The van der Waals surface area contributed by atoms with Crippen molar-refractivity contribution < 1.29 is 34.8 Å². The topological polar surface area (TPSA) is 132 Å². The Bertz CT molecular complexity index is 1030. The SMILES string of the molecule is CCCCCCCCCCCCCCCC(=O)O.C[C@]12C=CC(=O)C=C1CC[C@@H]1[C@@H]2[C@@H](O)C[C@@]2(C)[C@H]1CC[C@]2(O)C(=O)CO. The van der Waals surface area contributed by atoms with Crippen LogP contribution in [0.2, 0.25) is 0 Å². The summed E-state index contributed by atoms with van der Waals surface area (Å²) in [5.74, 6) is -0.881. The van der Waals surface area contributed by atoms with Crippen molar-refractivity contribution in [2.24, 2.45) is 28.6 Å². The number of aliphatic hydroxyl groups is 3. The Labute approximate surface area is 265 Å². The van der Waals surface area contributed by atoms with Gasteiger partial charge >= 0.3 is 5.97 Å². The van der Waals surface area contributed by atoms with Crippen LogP contribution >= 0.6 is 0 Å². The van der Waals surface area contributed by atoms with E-state index in [4.69, 9.17) is 5.11 Å². The van der Waals surface area contributed by atoms with E-state index in [-0.39, 0.29) is 29.0 Å². The van der Waals surface area contributed by atoms with E-state index in [1.807, 2.05) is 13.0 Å². The van der Waals surface area contributed by atoms with Crippen LogP contribution in [-0.2, 0) is 14.4 Å². The number of hydrogen-bond acceptors (Lipinski definition) is 6. The van der Waals surface area contributed by atoms with E-state index in [2.05, 4.69) is 13.8 Å². The molecule has 4 rings (SSSR count). The van der Waals surface area contributed by atoms with Crippen molar-refractivity contribution in [3.8, 4) is 0 Å². The van der Waals surface area contributed by atoms with Gasteiger partial charge in [0.1, 0.15) is 12.2 Å². The van der Waals surface area contributed by atoms with E-state index < -0.39 is 35.5 Å². The summed E-state index contributed by atoms with van der Waals surface area (Å²) < 4.78 is 0. The Kier molecular flexibility index (Phi) is 13.9.